The van der Waals surface area contributed by atoms with Gasteiger partial charge in [-0.05, 0) is 18.9 Å². The van der Waals surface area contributed by atoms with Crippen molar-refractivity contribution in [2.45, 2.75) is 43.3 Å². The molecule has 0 spiro atoms. The van der Waals surface area contributed by atoms with Gasteiger partial charge >= 0.3 is 0 Å². The van der Waals surface area contributed by atoms with Crippen molar-refractivity contribution in [1.29, 1.82) is 0 Å². The molecule has 3 heterocycles. The van der Waals surface area contributed by atoms with Gasteiger partial charge in [-0.25, -0.2) is 9.97 Å². The fraction of sp³-hybridized carbons (Fsp3) is 0.444. The monoisotopic (exact) mass is 341 g/mol. The van der Waals surface area contributed by atoms with Crippen LogP contribution in [0.4, 0.5) is 0 Å². The van der Waals surface area contributed by atoms with Crippen molar-refractivity contribution in [3.63, 3.8) is 0 Å². The lowest BCUT2D eigenvalue weighted by Crippen LogP contribution is -2.33. The van der Waals surface area contributed by atoms with E-state index in [-0.39, 0.29) is 6.61 Å². The zero-order valence-electron chi connectivity index (χ0n) is 13.5. The molecule has 2 fully saturated rings. The number of benzene rings is 1. The number of aliphatic hydroxyl groups is 3. The smallest absolute Gasteiger partial charge is 0.165 e. The van der Waals surface area contributed by atoms with E-state index in [1.54, 1.807) is 6.33 Å². The predicted octanol–water partition coefficient (Wildman–Crippen LogP) is 1.07. The number of fused-ring (bicyclic) bond motifs is 3. The molecule has 5 rings (SSSR count). The molecule has 130 valence electrons. The highest BCUT2D eigenvalue weighted by atomic mass is 16.6. The SMILES string of the molecule is OC[C@H]1O[C@@H](n2c3ccccc3c3c(C4CC4)ncnc32)[C@H](O)[C@@H]1O. The molecule has 1 aromatic carbocycles. The van der Waals surface area contributed by atoms with E-state index in [9.17, 15) is 15.3 Å². The van der Waals surface area contributed by atoms with E-state index in [2.05, 4.69) is 9.97 Å². The predicted molar refractivity (Wildman–Crippen MR) is 90.0 cm³/mol. The van der Waals surface area contributed by atoms with Gasteiger partial charge in [0.2, 0.25) is 0 Å². The van der Waals surface area contributed by atoms with Crippen molar-refractivity contribution in [1.82, 2.24) is 14.5 Å². The average molecular weight is 341 g/mol. The second-order valence-corrected chi connectivity index (χ2v) is 6.85. The van der Waals surface area contributed by atoms with E-state index >= 15 is 0 Å². The van der Waals surface area contributed by atoms with Gasteiger partial charge in [0.25, 0.3) is 0 Å². The molecule has 2 aromatic heterocycles. The lowest BCUT2D eigenvalue weighted by molar-refractivity contribution is -0.0489. The van der Waals surface area contributed by atoms with Gasteiger partial charge in [-0.2, -0.15) is 0 Å². The highest BCUT2D eigenvalue weighted by Gasteiger charge is 2.44. The van der Waals surface area contributed by atoms with E-state index in [0.29, 0.717) is 11.6 Å². The molecule has 3 N–H and O–H groups in total. The van der Waals surface area contributed by atoms with Gasteiger partial charge in [0.05, 0.1) is 17.8 Å². The molecule has 25 heavy (non-hydrogen) atoms. The minimum Gasteiger partial charge on any atom is -0.394 e. The summed E-state index contributed by atoms with van der Waals surface area (Å²) < 4.78 is 7.59. The first-order valence-electron chi connectivity index (χ1n) is 8.56. The highest BCUT2D eigenvalue weighted by Crippen LogP contribution is 2.45. The van der Waals surface area contributed by atoms with Crippen LogP contribution in [0.15, 0.2) is 30.6 Å². The number of hydrogen-bond donors (Lipinski definition) is 3. The minimum atomic E-state index is -1.14. The molecule has 1 aliphatic carbocycles. The normalized spacial score (nSPS) is 29.7. The molecule has 0 radical (unpaired) electrons. The maximum atomic E-state index is 10.5. The molecule has 0 unspecified atom stereocenters. The van der Waals surface area contributed by atoms with Crippen LogP contribution in [-0.2, 0) is 4.74 Å². The third kappa shape index (κ3) is 2.13. The van der Waals surface area contributed by atoms with Crippen LogP contribution in [0, 0.1) is 0 Å². The molecule has 0 bridgehead atoms. The minimum absolute atomic E-state index is 0.353. The molecule has 2 aliphatic rings. The van der Waals surface area contributed by atoms with Crippen molar-refractivity contribution in [3.8, 4) is 0 Å². The molecular formula is C18H19N3O4. The van der Waals surface area contributed by atoms with Crippen molar-refractivity contribution >= 4 is 21.9 Å². The summed E-state index contributed by atoms with van der Waals surface area (Å²) in [6.45, 7) is -0.353. The van der Waals surface area contributed by atoms with Crippen molar-refractivity contribution in [3.05, 3.63) is 36.3 Å². The molecule has 1 saturated carbocycles. The Morgan fingerprint density at radius 3 is 2.64 bits per heavy atom. The quantitative estimate of drug-likeness (QED) is 0.659. The van der Waals surface area contributed by atoms with Gasteiger partial charge in [-0.15, -0.1) is 0 Å². The number of hydrogen-bond acceptors (Lipinski definition) is 6. The Hall–Kier alpha value is -2.06. The zero-order chi connectivity index (χ0) is 17.1. The summed E-state index contributed by atoms with van der Waals surface area (Å²) in [5.41, 5.74) is 2.59. The zero-order valence-corrected chi connectivity index (χ0v) is 13.5. The number of rotatable bonds is 3. The Kier molecular flexibility index (Phi) is 3.33. The topological polar surface area (TPSA) is 101 Å². The second kappa shape index (κ2) is 5.47. The number of para-hydroxylation sites is 1. The summed E-state index contributed by atoms with van der Waals surface area (Å²) in [6, 6.07) is 7.85. The Balaban J connectivity index is 1.79. The van der Waals surface area contributed by atoms with Crippen molar-refractivity contribution in [2.75, 3.05) is 6.61 Å². The van der Waals surface area contributed by atoms with Crippen LogP contribution >= 0.6 is 0 Å². The van der Waals surface area contributed by atoms with Gasteiger partial charge in [0.15, 0.2) is 6.23 Å². The van der Waals surface area contributed by atoms with Crippen LogP contribution in [0.25, 0.3) is 21.9 Å². The average Bonchev–Trinajstić information content (AvgIpc) is 3.38. The maximum absolute atomic E-state index is 10.5. The van der Waals surface area contributed by atoms with Gasteiger partial charge in [0, 0.05) is 16.7 Å². The van der Waals surface area contributed by atoms with Gasteiger partial charge in [0.1, 0.15) is 30.3 Å². The molecule has 1 aliphatic heterocycles. The lowest BCUT2D eigenvalue weighted by atomic mass is 10.1. The summed E-state index contributed by atoms with van der Waals surface area (Å²) in [6.07, 6.45) is -0.116. The van der Waals surface area contributed by atoms with Crippen LogP contribution in [0.3, 0.4) is 0 Å². The van der Waals surface area contributed by atoms with Crippen LogP contribution < -0.4 is 0 Å². The summed E-state index contributed by atoms with van der Waals surface area (Å²) >= 11 is 0. The summed E-state index contributed by atoms with van der Waals surface area (Å²) in [5.74, 6) is 0.454. The summed E-state index contributed by atoms with van der Waals surface area (Å²) in [4.78, 5) is 8.97. The highest BCUT2D eigenvalue weighted by molar-refractivity contribution is 6.08. The number of aliphatic hydroxyl groups excluding tert-OH is 3. The van der Waals surface area contributed by atoms with E-state index < -0.39 is 24.5 Å². The maximum Gasteiger partial charge on any atom is 0.165 e. The number of nitrogens with zero attached hydrogens (tertiary/aromatic N) is 3. The lowest BCUT2D eigenvalue weighted by Gasteiger charge is -2.18. The fourth-order valence-corrected chi connectivity index (χ4v) is 3.86. The van der Waals surface area contributed by atoms with Crippen LogP contribution in [-0.4, -0.2) is 54.8 Å². The summed E-state index contributed by atoms with van der Waals surface area (Å²) in [7, 11) is 0. The van der Waals surface area contributed by atoms with Crippen LogP contribution in [0.1, 0.15) is 30.7 Å². The first-order chi connectivity index (χ1) is 12.2. The largest absolute Gasteiger partial charge is 0.394 e. The fourth-order valence-electron chi connectivity index (χ4n) is 3.86. The standard InChI is InChI=1S/C18H19N3O4/c22-7-12-15(23)16(24)18(25-12)21-11-4-2-1-3-10(11)13-14(9-5-6-9)19-8-20-17(13)21/h1-4,8-9,12,15-16,18,22-24H,5-7H2/t12-,15-,16-,18-/m1/s1. The third-order valence-corrected chi connectivity index (χ3v) is 5.25. The van der Waals surface area contributed by atoms with Gasteiger partial charge in [-0.1, -0.05) is 18.2 Å². The molecule has 1 saturated heterocycles. The van der Waals surface area contributed by atoms with E-state index in [4.69, 9.17) is 4.74 Å². The molecule has 3 aromatic rings. The first kappa shape index (κ1) is 15.2. The van der Waals surface area contributed by atoms with E-state index in [0.717, 1.165) is 34.8 Å². The van der Waals surface area contributed by atoms with Gasteiger partial charge < -0.3 is 20.1 Å². The van der Waals surface area contributed by atoms with E-state index in [1.165, 1.54) is 0 Å². The van der Waals surface area contributed by atoms with Crippen LogP contribution in [0.2, 0.25) is 0 Å². The molecule has 7 heteroatoms. The molecule has 4 atom stereocenters. The Bertz CT molecular complexity index is 952. The van der Waals surface area contributed by atoms with Crippen LogP contribution in [0.5, 0.6) is 0 Å². The van der Waals surface area contributed by atoms with Crippen molar-refractivity contribution < 1.29 is 20.1 Å². The van der Waals surface area contributed by atoms with E-state index in [1.807, 2.05) is 28.8 Å². The molecule has 7 nitrogen and oxygen atoms in total. The summed E-state index contributed by atoms with van der Waals surface area (Å²) in [5, 5.41) is 32.0. The first-order valence-corrected chi connectivity index (χ1v) is 8.56. The van der Waals surface area contributed by atoms with Gasteiger partial charge in [-0.3, -0.25) is 4.57 Å². The van der Waals surface area contributed by atoms with Crippen molar-refractivity contribution in [2.24, 2.45) is 0 Å². The second-order valence-electron chi connectivity index (χ2n) is 6.85. The molecular weight excluding hydrogens is 322 g/mol. The Morgan fingerprint density at radius 1 is 1.12 bits per heavy atom. The molecule has 0 amide bonds. The number of aromatic nitrogens is 3. The Morgan fingerprint density at radius 2 is 1.92 bits per heavy atom. The third-order valence-electron chi connectivity index (χ3n) is 5.25. The number of ether oxygens (including phenoxy) is 1. The Labute approximate surface area is 143 Å².